The molecule has 0 spiro atoms. The average molecular weight is 611 g/mol. The second-order valence-corrected chi connectivity index (χ2v) is 10.7. The largest absolute Gasteiger partial charge is 0.467 e. The number of alkyl carbamates (subject to hydrolysis) is 2. The van der Waals surface area contributed by atoms with Crippen molar-refractivity contribution in [1.82, 2.24) is 20.9 Å². The highest BCUT2D eigenvalue weighted by Gasteiger charge is 2.31. The van der Waals surface area contributed by atoms with E-state index in [1.165, 1.54) is 12.0 Å². The maximum absolute atomic E-state index is 13.4. The van der Waals surface area contributed by atoms with Crippen molar-refractivity contribution in [2.24, 2.45) is 5.92 Å². The normalized spacial score (nSPS) is 14.6. The van der Waals surface area contributed by atoms with E-state index in [1.54, 1.807) is 38.2 Å². The minimum atomic E-state index is -1.11. The molecule has 4 amide bonds. The van der Waals surface area contributed by atoms with Gasteiger partial charge < -0.3 is 35.1 Å². The molecule has 2 rings (SSSR count). The molecule has 0 unspecified atom stereocenters. The van der Waals surface area contributed by atoms with Crippen LogP contribution in [0.3, 0.4) is 0 Å². The Bertz CT molecular complexity index is 1050. The molecule has 2 atom stereocenters. The van der Waals surface area contributed by atoms with Crippen molar-refractivity contribution in [3.63, 3.8) is 0 Å². The van der Waals surface area contributed by atoms with Crippen molar-refractivity contribution in [1.29, 1.82) is 0 Å². The highest BCUT2D eigenvalue weighted by molar-refractivity contribution is 6.30. The fraction of sp³-hybridized carbons (Fsp3) is 0.621. The van der Waals surface area contributed by atoms with E-state index in [2.05, 4.69) is 16.0 Å². The van der Waals surface area contributed by atoms with Crippen LogP contribution in [0, 0.1) is 5.92 Å². The Morgan fingerprint density at radius 1 is 1.02 bits per heavy atom. The first-order chi connectivity index (χ1) is 20.1. The molecule has 0 bridgehead atoms. The van der Waals surface area contributed by atoms with Crippen LogP contribution in [0.1, 0.15) is 63.9 Å². The summed E-state index contributed by atoms with van der Waals surface area (Å²) in [6, 6.07) is 4.84. The molecular weight excluding hydrogens is 568 g/mol. The summed E-state index contributed by atoms with van der Waals surface area (Å²) in [4.78, 5) is 64.0. The fourth-order valence-corrected chi connectivity index (χ4v) is 4.88. The van der Waals surface area contributed by atoms with Crippen molar-refractivity contribution < 1.29 is 38.2 Å². The molecule has 3 N–H and O–H groups in total. The van der Waals surface area contributed by atoms with Gasteiger partial charge in [-0.05, 0) is 43.4 Å². The highest BCUT2D eigenvalue weighted by atomic mass is 35.5. The number of hydrogen-bond donors (Lipinski definition) is 3. The number of ether oxygens (including phenoxy) is 3. The second-order valence-electron chi connectivity index (χ2n) is 10.2. The highest BCUT2D eigenvalue weighted by Crippen LogP contribution is 2.27. The number of halogens is 1. The van der Waals surface area contributed by atoms with Crippen molar-refractivity contribution in [3.05, 3.63) is 34.9 Å². The molecular formula is C29H43ClN4O8. The summed E-state index contributed by atoms with van der Waals surface area (Å²) in [7, 11) is 2.74. The molecule has 1 aromatic carbocycles. The predicted octanol–water partition coefficient (Wildman–Crippen LogP) is 3.55. The van der Waals surface area contributed by atoms with Crippen LogP contribution in [0.2, 0.25) is 5.02 Å². The standard InChI is InChI=1S/C29H43ClN4O8/c1-4-31-28(38)41-16-15-34(2)25(35)14-13-23(27(37)40-3)32-26(36)24(18-20-9-6-5-7-10-20)33-29(39)42-19-21-11-8-12-22(30)17-21/h8,11-12,17,20,23-24H,4-7,9-10,13-16,18-19H2,1-3H3,(H,31,38)(H,32,36)(H,33,39)/t23-,24-/m0/s1. The van der Waals surface area contributed by atoms with Gasteiger partial charge in [-0.1, -0.05) is 55.8 Å². The lowest BCUT2D eigenvalue weighted by atomic mass is 9.84. The molecule has 0 heterocycles. The smallest absolute Gasteiger partial charge is 0.408 e. The summed E-state index contributed by atoms with van der Waals surface area (Å²) in [5.74, 6) is -1.35. The Labute approximate surface area is 252 Å². The predicted molar refractivity (Wildman–Crippen MR) is 156 cm³/mol. The number of methoxy groups -OCH3 is 1. The summed E-state index contributed by atoms with van der Waals surface area (Å²) in [5.41, 5.74) is 0.696. The van der Waals surface area contributed by atoms with Crippen molar-refractivity contribution in [3.8, 4) is 0 Å². The molecule has 1 saturated carbocycles. The summed E-state index contributed by atoms with van der Waals surface area (Å²) in [6.07, 6.45) is 4.06. The van der Waals surface area contributed by atoms with E-state index in [-0.39, 0.29) is 44.4 Å². The average Bonchev–Trinajstić information content (AvgIpc) is 2.97. The Morgan fingerprint density at radius 3 is 2.43 bits per heavy atom. The van der Waals surface area contributed by atoms with Gasteiger partial charge in [-0.15, -0.1) is 0 Å². The van der Waals surface area contributed by atoms with Gasteiger partial charge in [0.15, 0.2) is 0 Å². The zero-order valence-electron chi connectivity index (χ0n) is 24.6. The summed E-state index contributed by atoms with van der Waals surface area (Å²) in [5, 5.41) is 8.32. The number of carbonyl (C=O) groups excluding carboxylic acids is 5. The first-order valence-corrected chi connectivity index (χ1v) is 14.7. The van der Waals surface area contributed by atoms with E-state index < -0.39 is 36.1 Å². The van der Waals surface area contributed by atoms with Crippen LogP contribution in [-0.4, -0.2) is 80.8 Å². The number of benzene rings is 1. The SMILES string of the molecule is CCNC(=O)OCCN(C)C(=O)CC[C@H](NC(=O)[C@H](CC1CCCCC1)NC(=O)OCc1cccc(Cl)c1)C(=O)OC. The quantitative estimate of drug-likeness (QED) is 0.201. The molecule has 234 valence electrons. The lowest BCUT2D eigenvalue weighted by molar-refractivity contribution is -0.145. The number of esters is 1. The molecule has 0 aromatic heterocycles. The number of nitrogens with one attached hydrogen (secondary N) is 3. The third kappa shape index (κ3) is 13.0. The van der Waals surface area contributed by atoms with E-state index in [9.17, 15) is 24.0 Å². The number of rotatable bonds is 15. The lowest BCUT2D eigenvalue weighted by Gasteiger charge is -2.27. The van der Waals surface area contributed by atoms with E-state index in [1.807, 2.05) is 0 Å². The van der Waals surface area contributed by atoms with E-state index in [4.69, 9.17) is 25.8 Å². The minimum Gasteiger partial charge on any atom is -0.467 e. The summed E-state index contributed by atoms with van der Waals surface area (Å²) >= 11 is 6.00. The Hall–Kier alpha value is -3.54. The number of nitrogens with zero attached hydrogens (tertiary/aromatic N) is 1. The zero-order chi connectivity index (χ0) is 30.9. The monoisotopic (exact) mass is 610 g/mol. The first-order valence-electron chi connectivity index (χ1n) is 14.3. The maximum Gasteiger partial charge on any atom is 0.408 e. The van der Waals surface area contributed by atoms with Crippen LogP contribution < -0.4 is 16.0 Å². The third-order valence-electron chi connectivity index (χ3n) is 7.02. The van der Waals surface area contributed by atoms with E-state index in [0.717, 1.165) is 32.1 Å². The van der Waals surface area contributed by atoms with Crippen LogP contribution in [-0.2, 0) is 35.2 Å². The molecule has 0 aliphatic heterocycles. The van der Waals surface area contributed by atoms with Crippen LogP contribution in [0.4, 0.5) is 9.59 Å². The van der Waals surface area contributed by atoms with Gasteiger partial charge in [-0.3, -0.25) is 9.59 Å². The van der Waals surface area contributed by atoms with Gasteiger partial charge in [0.05, 0.1) is 13.7 Å². The summed E-state index contributed by atoms with van der Waals surface area (Å²) < 4.78 is 15.2. The third-order valence-corrected chi connectivity index (χ3v) is 7.25. The molecule has 1 fully saturated rings. The van der Waals surface area contributed by atoms with E-state index >= 15 is 0 Å². The van der Waals surface area contributed by atoms with E-state index in [0.29, 0.717) is 23.6 Å². The summed E-state index contributed by atoms with van der Waals surface area (Å²) in [6.45, 7) is 2.33. The maximum atomic E-state index is 13.4. The second kappa shape index (κ2) is 18.8. The van der Waals surface area contributed by atoms with Crippen molar-refractivity contribution in [2.75, 3.05) is 33.9 Å². The molecule has 13 heteroatoms. The molecule has 42 heavy (non-hydrogen) atoms. The molecule has 0 saturated heterocycles. The van der Waals surface area contributed by atoms with Gasteiger partial charge >= 0.3 is 18.2 Å². The first kappa shape index (κ1) is 34.7. The number of amides is 4. The lowest BCUT2D eigenvalue weighted by Crippen LogP contribution is -2.52. The van der Waals surface area contributed by atoms with Gasteiger partial charge in [0.1, 0.15) is 25.3 Å². The Balaban J connectivity index is 1.98. The van der Waals surface area contributed by atoms with Gasteiger partial charge in [0.2, 0.25) is 11.8 Å². The van der Waals surface area contributed by atoms with Crippen LogP contribution in [0.15, 0.2) is 24.3 Å². The molecule has 1 aromatic rings. The fourth-order valence-electron chi connectivity index (χ4n) is 4.66. The number of carbonyl (C=O) groups is 5. The van der Waals surface area contributed by atoms with Crippen molar-refractivity contribution in [2.45, 2.75) is 77.0 Å². The molecule has 1 aliphatic carbocycles. The molecule has 1 aliphatic rings. The molecule has 0 radical (unpaired) electrons. The van der Waals surface area contributed by atoms with Gasteiger partial charge in [0, 0.05) is 25.0 Å². The minimum absolute atomic E-state index is 0.00711. The van der Waals surface area contributed by atoms with Gasteiger partial charge in [-0.25, -0.2) is 14.4 Å². The number of hydrogen-bond acceptors (Lipinski definition) is 8. The van der Waals surface area contributed by atoms with Crippen molar-refractivity contribution >= 4 is 41.6 Å². The topological polar surface area (TPSA) is 152 Å². The van der Waals surface area contributed by atoms with Crippen LogP contribution in [0.25, 0.3) is 0 Å². The molecule has 12 nitrogen and oxygen atoms in total. The zero-order valence-corrected chi connectivity index (χ0v) is 25.4. The van der Waals surface area contributed by atoms with Gasteiger partial charge in [0.25, 0.3) is 0 Å². The Kier molecular flexibility index (Phi) is 15.5. The van der Waals surface area contributed by atoms with Crippen LogP contribution >= 0.6 is 11.6 Å². The van der Waals surface area contributed by atoms with Gasteiger partial charge in [-0.2, -0.15) is 0 Å². The number of likely N-dealkylation sites (N-methyl/N-ethyl adjacent to an activating group) is 1. The van der Waals surface area contributed by atoms with Crippen LogP contribution in [0.5, 0.6) is 0 Å². The Morgan fingerprint density at radius 2 is 1.76 bits per heavy atom.